The second-order valence-corrected chi connectivity index (χ2v) is 5.89. The number of aromatic nitrogens is 1. The summed E-state index contributed by atoms with van der Waals surface area (Å²) in [6, 6.07) is 14.7. The fraction of sp³-hybridized carbons (Fsp3) is 0.353. The van der Waals surface area contributed by atoms with Gasteiger partial charge in [-0.15, -0.1) is 0 Å². The standard InChI is InChI=1S/C17H21BrN2O/c1-21-10-9-19-12-15(14-5-3-2-4-6-14)11-17-8-7-16(18)13-20-17/h2-8,13,15,19H,9-12H2,1H3. The summed E-state index contributed by atoms with van der Waals surface area (Å²) in [5.41, 5.74) is 2.45. The summed E-state index contributed by atoms with van der Waals surface area (Å²) in [4.78, 5) is 4.49. The summed E-state index contributed by atoms with van der Waals surface area (Å²) in [5.74, 6) is 0.414. The van der Waals surface area contributed by atoms with Crippen molar-refractivity contribution in [2.75, 3.05) is 26.8 Å². The highest BCUT2D eigenvalue weighted by Gasteiger charge is 2.12. The van der Waals surface area contributed by atoms with Crippen LogP contribution in [0.2, 0.25) is 0 Å². The van der Waals surface area contributed by atoms with Crippen LogP contribution in [-0.4, -0.2) is 31.8 Å². The average Bonchev–Trinajstić information content (AvgIpc) is 2.53. The first-order valence-electron chi connectivity index (χ1n) is 7.14. The van der Waals surface area contributed by atoms with Gasteiger partial charge in [-0.2, -0.15) is 0 Å². The van der Waals surface area contributed by atoms with E-state index in [9.17, 15) is 0 Å². The molecule has 0 saturated heterocycles. The van der Waals surface area contributed by atoms with Gasteiger partial charge in [0.05, 0.1) is 6.61 Å². The Morgan fingerprint density at radius 1 is 1.19 bits per heavy atom. The van der Waals surface area contributed by atoms with E-state index in [0.717, 1.165) is 36.3 Å². The molecule has 0 aliphatic rings. The lowest BCUT2D eigenvalue weighted by Crippen LogP contribution is -2.26. The second kappa shape index (κ2) is 8.93. The molecule has 3 nitrogen and oxygen atoms in total. The van der Waals surface area contributed by atoms with Gasteiger partial charge in [-0.05, 0) is 40.0 Å². The third-order valence-corrected chi connectivity index (χ3v) is 3.86. The van der Waals surface area contributed by atoms with E-state index in [1.165, 1.54) is 5.56 Å². The zero-order valence-corrected chi connectivity index (χ0v) is 13.8. The molecule has 0 amide bonds. The van der Waals surface area contributed by atoms with Crippen molar-refractivity contribution in [1.29, 1.82) is 0 Å². The molecular formula is C17H21BrN2O. The van der Waals surface area contributed by atoms with Gasteiger partial charge in [0.1, 0.15) is 0 Å². The highest BCUT2D eigenvalue weighted by Crippen LogP contribution is 2.20. The van der Waals surface area contributed by atoms with E-state index in [4.69, 9.17) is 4.74 Å². The van der Waals surface area contributed by atoms with Crippen molar-refractivity contribution in [3.63, 3.8) is 0 Å². The molecule has 1 unspecified atom stereocenters. The predicted octanol–water partition coefficient (Wildman–Crippen LogP) is 3.41. The van der Waals surface area contributed by atoms with Crippen molar-refractivity contribution in [2.24, 2.45) is 0 Å². The minimum absolute atomic E-state index is 0.414. The van der Waals surface area contributed by atoms with E-state index >= 15 is 0 Å². The van der Waals surface area contributed by atoms with E-state index in [1.54, 1.807) is 7.11 Å². The van der Waals surface area contributed by atoms with Gasteiger partial charge < -0.3 is 10.1 Å². The molecule has 0 aliphatic carbocycles. The molecule has 112 valence electrons. The molecule has 1 aromatic heterocycles. The lowest BCUT2D eigenvalue weighted by atomic mass is 9.94. The van der Waals surface area contributed by atoms with Crippen molar-refractivity contribution >= 4 is 15.9 Å². The third kappa shape index (κ3) is 5.58. The van der Waals surface area contributed by atoms with E-state index in [2.05, 4.69) is 62.6 Å². The van der Waals surface area contributed by atoms with Gasteiger partial charge in [-0.1, -0.05) is 30.3 Å². The lowest BCUT2D eigenvalue weighted by Gasteiger charge is -2.18. The van der Waals surface area contributed by atoms with E-state index in [0.29, 0.717) is 5.92 Å². The molecule has 0 aliphatic heterocycles. The first kappa shape index (κ1) is 16.1. The first-order valence-corrected chi connectivity index (χ1v) is 7.94. The summed E-state index contributed by atoms with van der Waals surface area (Å²) in [6.07, 6.45) is 2.78. The number of benzene rings is 1. The maximum absolute atomic E-state index is 5.08. The van der Waals surface area contributed by atoms with Crippen LogP contribution in [0, 0.1) is 0 Å². The van der Waals surface area contributed by atoms with E-state index in [-0.39, 0.29) is 0 Å². The number of hydrogen-bond donors (Lipinski definition) is 1. The smallest absolute Gasteiger partial charge is 0.0587 e. The van der Waals surface area contributed by atoms with E-state index in [1.807, 2.05) is 12.3 Å². The van der Waals surface area contributed by atoms with Crippen LogP contribution in [0.25, 0.3) is 0 Å². The molecule has 1 N–H and O–H groups in total. The third-order valence-electron chi connectivity index (χ3n) is 3.39. The number of nitrogens with one attached hydrogen (secondary N) is 1. The van der Waals surface area contributed by atoms with Gasteiger partial charge >= 0.3 is 0 Å². The quantitative estimate of drug-likeness (QED) is 0.742. The van der Waals surface area contributed by atoms with Gasteiger partial charge in [0.15, 0.2) is 0 Å². The molecule has 0 saturated carbocycles. The minimum Gasteiger partial charge on any atom is -0.383 e. The predicted molar refractivity (Wildman–Crippen MR) is 89.6 cm³/mol. The normalized spacial score (nSPS) is 12.3. The molecule has 0 radical (unpaired) electrons. The Labute approximate surface area is 134 Å². The number of pyridine rings is 1. The number of methoxy groups -OCH3 is 1. The Bertz CT molecular complexity index is 516. The van der Waals surface area contributed by atoms with Gasteiger partial charge in [0.25, 0.3) is 0 Å². The lowest BCUT2D eigenvalue weighted by molar-refractivity contribution is 0.199. The number of hydrogen-bond acceptors (Lipinski definition) is 3. The van der Waals surface area contributed by atoms with Gasteiger partial charge in [0, 0.05) is 42.5 Å². The molecule has 0 spiro atoms. The maximum Gasteiger partial charge on any atom is 0.0587 e. The Morgan fingerprint density at radius 2 is 2.00 bits per heavy atom. The number of halogens is 1. The van der Waals surface area contributed by atoms with Crippen molar-refractivity contribution in [3.05, 3.63) is 64.4 Å². The van der Waals surface area contributed by atoms with Crippen LogP contribution in [0.4, 0.5) is 0 Å². The molecule has 21 heavy (non-hydrogen) atoms. The van der Waals surface area contributed by atoms with Crippen molar-refractivity contribution in [3.8, 4) is 0 Å². The topological polar surface area (TPSA) is 34.1 Å². The Balaban J connectivity index is 2.02. The SMILES string of the molecule is COCCNCC(Cc1ccc(Br)cn1)c1ccccc1. The average molecular weight is 349 g/mol. The maximum atomic E-state index is 5.08. The highest BCUT2D eigenvalue weighted by atomic mass is 79.9. The van der Waals surface area contributed by atoms with Gasteiger partial charge in [-0.25, -0.2) is 0 Å². The summed E-state index contributed by atoms with van der Waals surface area (Å²) < 4.78 is 6.10. The van der Waals surface area contributed by atoms with Crippen LogP contribution in [0.15, 0.2) is 53.1 Å². The van der Waals surface area contributed by atoms with Crippen molar-refractivity contribution < 1.29 is 4.74 Å². The molecule has 2 aromatic rings. The van der Waals surface area contributed by atoms with Gasteiger partial charge in [0.2, 0.25) is 0 Å². The Morgan fingerprint density at radius 3 is 2.67 bits per heavy atom. The number of nitrogens with zero attached hydrogens (tertiary/aromatic N) is 1. The zero-order valence-electron chi connectivity index (χ0n) is 12.3. The number of ether oxygens (including phenoxy) is 1. The van der Waals surface area contributed by atoms with Crippen molar-refractivity contribution in [2.45, 2.75) is 12.3 Å². The molecule has 1 heterocycles. The Kier molecular flexibility index (Phi) is 6.86. The molecule has 0 bridgehead atoms. The van der Waals surface area contributed by atoms with E-state index < -0.39 is 0 Å². The molecule has 0 fully saturated rings. The first-order chi connectivity index (χ1) is 10.3. The summed E-state index contributed by atoms with van der Waals surface area (Å²) in [5, 5.41) is 3.45. The fourth-order valence-corrected chi connectivity index (χ4v) is 2.50. The molecule has 1 atom stereocenters. The van der Waals surface area contributed by atoms with Crippen molar-refractivity contribution in [1.82, 2.24) is 10.3 Å². The van der Waals surface area contributed by atoms with Crippen LogP contribution in [0.1, 0.15) is 17.2 Å². The largest absolute Gasteiger partial charge is 0.383 e. The molecule has 2 rings (SSSR count). The monoisotopic (exact) mass is 348 g/mol. The minimum atomic E-state index is 0.414. The van der Waals surface area contributed by atoms with Gasteiger partial charge in [-0.3, -0.25) is 4.98 Å². The Hall–Kier alpha value is -1.23. The van der Waals surface area contributed by atoms with Crippen LogP contribution in [0.5, 0.6) is 0 Å². The van der Waals surface area contributed by atoms with Crippen LogP contribution < -0.4 is 5.32 Å². The summed E-state index contributed by atoms with van der Waals surface area (Å²) in [7, 11) is 1.72. The molecule has 4 heteroatoms. The van der Waals surface area contributed by atoms with Crippen LogP contribution in [0.3, 0.4) is 0 Å². The second-order valence-electron chi connectivity index (χ2n) is 4.98. The number of rotatable bonds is 8. The highest BCUT2D eigenvalue weighted by molar-refractivity contribution is 9.10. The van der Waals surface area contributed by atoms with Crippen LogP contribution in [-0.2, 0) is 11.2 Å². The van der Waals surface area contributed by atoms with Crippen LogP contribution >= 0.6 is 15.9 Å². The molecule has 1 aromatic carbocycles. The summed E-state index contributed by atoms with van der Waals surface area (Å²) in [6.45, 7) is 2.52. The zero-order chi connectivity index (χ0) is 14.9. The molecular weight excluding hydrogens is 328 g/mol. The fourth-order valence-electron chi connectivity index (χ4n) is 2.26. The summed E-state index contributed by atoms with van der Waals surface area (Å²) >= 11 is 3.43.